The van der Waals surface area contributed by atoms with Crippen molar-refractivity contribution < 1.29 is 9.72 Å². The smallest absolute Gasteiger partial charge is 0.266 e. The highest BCUT2D eigenvalue weighted by molar-refractivity contribution is 8.01. The van der Waals surface area contributed by atoms with Crippen LogP contribution < -0.4 is 0 Å². The summed E-state index contributed by atoms with van der Waals surface area (Å²) in [5.41, 5.74) is 2.17. The lowest BCUT2D eigenvalue weighted by Gasteiger charge is -2.04. The van der Waals surface area contributed by atoms with Crippen molar-refractivity contribution in [3.8, 4) is 6.07 Å². The quantitative estimate of drug-likeness (QED) is 0.169. The fraction of sp³-hybridized carbons (Fsp3) is 0.0909. The van der Waals surface area contributed by atoms with Crippen molar-refractivity contribution in [2.75, 3.05) is 0 Å². The Labute approximate surface area is 191 Å². The Morgan fingerprint density at radius 3 is 2.69 bits per heavy atom. The van der Waals surface area contributed by atoms with Crippen molar-refractivity contribution >= 4 is 51.0 Å². The van der Waals surface area contributed by atoms with Crippen LogP contribution in [-0.2, 0) is 0 Å². The van der Waals surface area contributed by atoms with Crippen LogP contribution in [0.3, 0.4) is 0 Å². The number of thiazole rings is 1. The zero-order valence-corrected chi connectivity index (χ0v) is 18.6. The number of fused-ring (bicyclic) bond motifs is 1. The van der Waals surface area contributed by atoms with Gasteiger partial charge in [-0.3, -0.25) is 14.9 Å². The van der Waals surface area contributed by atoms with Crippen molar-refractivity contribution in [3.05, 3.63) is 81.2 Å². The molecule has 2 aromatic heterocycles. The van der Waals surface area contributed by atoms with Gasteiger partial charge in [0.25, 0.3) is 11.6 Å². The fourth-order valence-corrected chi connectivity index (χ4v) is 5.21. The Morgan fingerprint density at radius 1 is 1.25 bits per heavy atom. The molecule has 4 aromatic rings. The zero-order valence-electron chi connectivity index (χ0n) is 17.0. The van der Waals surface area contributed by atoms with Crippen LogP contribution >= 0.6 is 23.1 Å². The highest BCUT2D eigenvalue weighted by Crippen LogP contribution is 2.39. The summed E-state index contributed by atoms with van der Waals surface area (Å²) in [5, 5.41) is 25.3. The van der Waals surface area contributed by atoms with E-state index < -0.39 is 10.8 Å². The van der Waals surface area contributed by atoms with Gasteiger partial charge >= 0.3 is 0 Å². The first-order valence-electron chi connectivity index (χ1n) is 9.37. The maximum atomic E-state index is 12.7. The Morgan fingerprint density at radius 2 is 2.03 bits per heavy atom. The number of carbonyl (C=O) groups excluding carboxylic acids is 1. The maximum absolute atomic E-state index is 12.7. The maximum Gasteiger partial charge on any atom is 0.289 e. The number of hydrogen-bond acceptors (Lipinski definition) is 8. The number of hydrogen-bond donors (Lipinski definition) is 0. The minimum atomic E-state index is -0.589. The summed E-state index contributed by atoms with van der Waals surface area (Å²) in [6.45, 7) is 3.46. The van der Waals surface area contributed by atoms with Gasteiger partial charge in [-0.25, -0.2) is 9.67 Å². The molecule has 2 aromatic carbocycles. The molecule has 0 bridgehead atoms. The van der Waals surface area contributed by atoms with Crippen molar-refractivity contribution in [2.24, 2.45) is 0 Å². The summed E-state index contributed by atoms with van der Waals surface area (Å²) in [6, 6.07) is 15.8. The first-order chi connectivity index (χ1) is 15.4. The summed E-state index contributed by atoms with van der Waals surface area (Å²) in [4.78, 5) is 28.8. The first kappa shape index (κ1) is 21.4. The molecule has 0 atom stereocenters. The van der Waals surface area contributed by atoms with Gasteiger partial charge in [0.05, 0.1) is 25.7 Å². The fourth-order valence-electron chi connectivity index (χ4n) is 3.10. The lowest BCUT2D eigenvalue weighted by molar-refractivity contribution is -0.387. The lowest BCUT2D eigenvalue weighted by Crippen LogP contribution is -2.15. The second-order valence-corrected chi connectivity index (χ2v) is 9.17. The van der Waals surface area contributed by atoms with E-state index in [0.717, 1.165) is 14.9 Å². The molecule has 0 radical (unpaired) electrons. The largest absolute Gasteiger partial charge is 0.289 e. The van der Waals surface area contributed by atoms with Gasteiger partial charge in [-0.05, 0) is 49.8 Å². The van der Waals surface area contributed by atoms with E-state index in [9.17, 15) is 20.2 Å². The van der Waals surface area contributed by atoms with Gasteiger partial charge in [-0.2, -0.15) is 10.4 Å². The second kappa shape index (κ2) is 8.74. The second-order valence-electron chi connectivity index (χ2n) is 6.85. The van der Waals surface area contributed by atoms with Crippen LogP contribution in [0.5, 0.6) is 0 Å². The first-order valence-corrected chi connectivity index (χ1v) is 11.0. The number of benzene rings is 2. The van der Waals surface area contributed by atoms with E-state index in [-0.39, 0.29) is 11.3 Å². The molecule has 8 nitrogen and oxygen atoms in total. The monoisotopic (exact) mass is 461 g/mol. The molecule has 0 unspecified atom stereocenters. The Balaban J connectivity index is 1.67. The number of nitro benzene ring substituents is 1. The average Bonchev–Trinajstić information content (AvgIpc) is 3.33. The molecule has 0 saturated carbocycles. The molecule has 4 rings (SSSR count). The molecule has 0 N–H and O–H groups in total. The number of carbonyl (C=O) groups is 1. The summed E-state index contributed by atoms with van der Waals surface area (Å²) in [6.07, 6.45) is 1.33. The van der Waals surface area contributed by atoms with E-state index in [4.69, 9.17) is 0 Å². The van der Waals surface area contributed by atoms with Gasteiger partial charge in [-0.1, -0.05) is 30.0 Å². The van der Waals surface area contributed by atoms with E-state index in [1.807, 2.05) is 30.3 Å². The van der Waals surface area contributed by atoms with E-state index in [0.29, 0.717) is 26.2 Å². The van der Waals surface area contributed by atoms with Crippen molar-refractivity contribution in [1.29, 1.82) is 5.26 Å². The summed E-state index contributed by atoms with van der Waals surface area (Å²) in [7, 11) is 0. The third-order valence-corrected chi connectivity index (χ3v) is 6.68. The zero-order chi connectivity index (χ0) is 22.8. The number of aromatic nitrogens is 3. The molecule has 0 spiro atoms. The number of nitrogens with zero attached hydrogens (tertiary/aromatic N) is 5. The van der Waals surface area contributed by atoms with Crippen LogP contribution in [0.1, 0.15) is 21.7 Å². The van der Waals surface area contributed by atoms with E-state index in [1.54, 1.807) is 32.0 Å². The van der Waals surface area contributed by atoms with Gasteiger partial charge in [0.15, 0.2) is 4.34 Å². The third-order valence-electron chi connectivity index (χ3n) is 4.52. The molecule has 10 heteroatoms. The van der Waals surface area contributed by atoms with Gasteiger partial charge in [-0.15, -0.1) is 11.3 Å². The van der Waals surface area contributed by atoms with E-state index in [1.165, 1.54) is 35.2 Å². The number of para-hydroxylation sites is 1. The number of nitro groups is 1. The topological polar surface area (TPSA) is 115 Å². The Bertz CT molecular complexity index is 1410. The predicted octanol–water partition coefficient (Wildman–Crippen LogP) is 5.42. The molecule has 158 valence electrons. The number of aryl methyl sites for hydroxylation is 2. The number of nitriles is 1. The molecule has 0 aliphatic carbocycles. The summed E-state index contributed by atoms with van der Waals surface area (Å²) in [5.74, 6) is -0.589. The Kier molecular flexibility index (Phi) is 5.85. The molecular weight excluding hydrogens is 446 g/mol. The predicted molar refractivity (Wildman–Crippen MR) is 123 cm³/mol. The number of rotatable bonds is 5. The molecule has 2 heterocycles. The highest BCUT2D eigenvalue weighted by Gasteiger charge is 2.19. The van der Waals surface area contributed by atoms with Crippen LogP contribution in [0.15, 0.2) is 63.3 Å². The van der Waals surface area contributed by atoms with Gasteiger partial charge in [0.2, 0.25) is 0 Å². The van der Waals surface area contributed by atoms with Crippen LogP contribution in [0.25, 0.3) is 16.3 Å². The molecular formula is C22H15N5O3S2. The van der Waals surface area contributed by atoms with Crippen LogP contribution in [0.2, 0.25) is 0 Å². The van der Waals surface area contributed by atoms with Crippen LogP contribution in [0, 0.1) is 35.3 Å². The Hall–Kier alpha value is -3.81. The van der Waals surface area contributed by atoms with Crippen LogP contribution in [0.4, 0.5) is 5.69 Å². The highest BCUT2D eigenvalue weighted by atomic mass is 32.2. The number of allylic oxidation sites excluding steroid dienone is 1. The molecule has 0 aliphatic heterocycles. The lowest BCUT2D eigenvalue weighted by atomic mass is 10.1. The minimum Gasteiger partial charge on any atom is -0.266 e. The SMILES string of the molecule is Cc1cc(C)n(C(=O)/C(C#N)=C/c2ccc(Sc3nc4ccccc4s3)c([N+](=O)[O-])c2)n1. The van der Waals surface area contributed by atoms with E-state index in [2.05, 4.69) is 10.1 Å². The molecule has 0 fully saturated rings. The van der Waals surface area contributed by atoms with Gasteiger partial charge < -0.3 is 0 Å². The normalized spacial score (nSPS) is 11.5. The van der Waals surface area contributed by atoms with Crippen molar-refractivity contribution in [2.45, 2.75) is 23.1 Å². The molecule has 0 aliphatic rings. The van der Waals surface area contributed by atoms with Gasteiger partial charge in [0.1, 0.15) is 11.6 Å². The average molecular weight is 462 g/mol. The van der Waals surface area contributed by atoms with Crippen molar-refractivity contribution in [1.82, 2.24) is 14.8 Å². The summed E-state index contributed by atoms with van der Waals surface area (Å²) >= 11 is 2.66. The molecule has 0 amide bonds. The summed E-state index contributed by atoms with van der Waals surface area (Å²) < 4.78 is 2.84. The minimum absolute atomic E-state index is 0.126. The van der Waals surface area contributed by atoms with E-state index >= 15 is 0 Å². The van der Waals surface area contributed by atoms with Crippen molar-refractivity contribution in [3.63, 3.8) is 0 Å². The standard InChI is InChI=1S/C22H15N5O3S2/c1-13-9-14(2)26(25-13)21(28)16(12-23)10-15-7-8-20(18(11-15)27(29)30)32-22-24-17-5-3-4-6-19(17)31-22/h3-11H,1-2H3/b16-10+. The van der Waals surface area contributed by atoms with Gasteiger partial charge in [0, 0.05) is 11.8 Å². The third kappa shape index (κ3) is 4.30. The molecule has 0 saturated heterocycles. The molecule has 32 heavy (non-hydrogen) atoms. The van der Waals surface area contributed by atoms with Crippen LogP contribution in [-0.4, -0.2) is 25.6 Å².